The van der Waals surface area contributed by atoms with E-state index in [0.717, 1.165) is 27.5 Å². The number of aryl methyl sites for hydroxylation is 1. The molecule has 25 heavy (non-hydrogen) atoms. The van der Waals surface area contributed by atoms with Gasteiger partial charge in [0.25, 0.3) is 0 Å². The zero-order valence-electron chi connectivity index (χ0n) is 14.6. The summed E-state index contributed by atoms with van der Waals surface area (Å²) in [6, 6.07) is 9.49. The first-order valence-corrected chi connectivity index (χ1v) is 7.78. The topological polar surface area (TPSA) is 57.7 Å². The van der Waals surface area contributed by atoms with E-state index in [1.54, 1.807) is 26.6 Å². The molecule has 0 aliphatic rings. The highest BCUT2D eigenvalue weighted by Gasteiger charge is 2.21. The van der Waals surface area contributed by atoms with Crippen molar-refractivity contribution in [3.63, 3.8) is 0 Å². The molecule has 0 spiro atoms. The molecule has 2 aromatic carbocycles. The molecule has 0 radical (unpaired) electrons. The van der Waals surface area contributed by atoms with Crippen molar-refractivity contribution in [1.29, 1.82) is 0 Å². The lowest BCUT2D eigenvalue weighted by molar-refractivity contribution is 0.0601. The molecule has 128 valence electrons. The van der Waals surface area contributed by atoms with Crippen LogP contribution < -0.4 is 9.47 Å². The van der Waals surface area contributed by atoms with Crippen molar-refractivity contribution >= 4 is 16.7 Å². The molecule has 3 aromatic rings. The first kappa shape index (κ1) is 16.8. The monoisotopic (exact) mass is 337 g/mol. The van der Waals surface area contributed by atoms with Crippen molar-refractivity contribution in [2.75, 3.05) is 21.3 Å². The molecule has 0 N–H and O–H groups in total. The summed E-state index contributed by atoms with van der Waals surface area (Å²) in [4.78, 5) is 16.5. The second-order valence-electron chi connectivity index (χ2n) is 5.60. The molecule has 0 fully saturated rings. The first-order chi connectivity index (χ1) is 12.1. The molecule has 0 saturated carbocycles. The fourth-order valence-corrected chi connectivity index (χ4v) is 3.05. The van der Waals surface area contributed by atoms with Gasteiger partial charge in [0, 0.05) is 18.0 Å². The highest BCUT2D eigenvalue weighted by atomic mass is 16.5. The minimum Gasteiger partial charge on any atom is -0.493 e. The number of methoxy groups -OCH3 is 3. The third kappa shape index (κ3) is 2.89. The number of ether oxygens (including phenoxy) is 3. The van der Waals surface area contributed by atoms with E-state index in [9.17, 15) is 4.79 Å². The van der Waals surface area contributed by atoms with Gasteiger partial charge in [-0.2, -0.15) is 0 Å². The summed E-state index contributed by atoms with van der Waals surface area (Å²) in [7, 11) is 4.57. The number of rotatable bonds is 4. The van der Waals surface area contributed by atoms with Gasteiger partial charge < -0.3 is 14.2 Å². The van der Waals surface area contributed by atoms with Gasteiger partial charge in [-0.15, -0.1) is 0 Å². The second kappa shape index (κ2) is 6.81. The van der Waals surface area contributed by atoms with Gasteiger partial charge in [0.2, 0.25) is 0 Å². The molecule has 5 nitrogen and oxygen atoms in total. The molecule has 0 unspecified atom stereocenters. The van der Waals surface area contributed by atoms with Crippen molar-refractivity contribution in [2.24, 2.45) is 0 Å². The number of hydrogen-bond acceptors (Lipinski definition) is 5. The lowest BCUT2D eigenvalue weighted by Crippen LogP contribution is -2.07. The van der Waals surface area contributed by atoms with Crippen molar-refractivity contribution < 1.29 is 19.0 Å². The fraction of sp³-hybridized carbons (Fsp3) is 0.200. The van der Waals surface area contributed by atoms with Gasteiger partial charge in [0.1, 0.15) is 0 Å². The number of pyridine rings is 1. The van der Waals surface area contributed by atoms with Crippen LogP contribution in [0, 0.1) is 6.92 Å². The molecule has 3 rings (SSSR count). The molecular formula is C20H19NO4. The van der Waals surface area contributed by atoms with E-state index in [1.165, 1.54) is 7.11 Å². The molecule has 0 amide bonds. The van der Waals surface area contributed by atoms with E-state index in [1.807, 2.05) is 37.3 Å². The number of benzene rings is 2. The van der Waals surface area contributed by atoms with Gasteiger partial charge >= 0.3 is 5.97 Å². The van der Waals surface area contributed by atoms with Gasteiger partial charge in [-0.3, -0.25) is 4.98 Å². The zero-order chi connectivity index (χ0) is 18.0. The summed E-state index contributed by atoms with van der Waals surface area (Å²) in [5.41, 5.74) is 3.05. The van der Waals surface area contributed by atoms with E-state index in [4.69, 9.17) is 14.2 Å². The van der Waals surface area contributed by atoms with Crippen LogP contribution in [0.2, 0.25) is 0 Å². The van der Waals surface area contributed by atoms with E-state index in [-0.39, 0.29) is 5.97 Å². The van der Waals surface area contributed by atoms with Crippen molar-refractivity contribution in [2.45, 2.75) is 6.92 Å². The van der Waals surface area contributed by atoms with Crippen LogP contribution >= 0.6 is 0 Å². The molecule has 1 aromatic heterocycles. The number of fused-ring (bicyclic) bond motifs is 1. The minimum atomic E-state index is -0.374. The lowest BCUT2D eigenvalue weighted by atomic mass is 9.90. The Kier molecular flexibility index (Phi) is 4.57. The Labute approximate surface area is 146 Å². The molecule has 0 bridgehead atoms. The maximum atomic E-state index is 12.5. The van der Waals surface area contributed by atoms with Crippen LogP contribution in [0.25, 0.3) is 21.9 Å². The predicted octanol–water partition coefficient (Wildman–Crippen LogP) is 4.01. The summed E-state index contributed by atoms with van der Waals surface area (Å²) >= 11 is 0. The van der Waals surface area contributed by atoms with Crippen LogP contribution in [0.5, 0.6) is 11.5 Å². The summed E-state index contributed by atoms with van der Waals surface area (Å²) in [6.07, 6.45) is 3.40. The highest BCUT2D eigenvalue weighted by molar-refractivity contribution is 6.10. The van der Waals surface area contributed by atoms with Gasteiger partial charge in [0.15, 0.2) is 11.5 Å². The van der Waals surface area contributed by atoms with Gasteiger partial charge in [-0.05, 0) is 53.1 Å². The highest BCUT2D eigenvalue weighted by Crippen LogP contribution is 2.40. The molecule has 0 atom stereocenters. The van der Waals surface area contributed by atoms with E-state index in [2.05, 4.69) is 4.98 Å². The number of hydrogen-bond donors (Lipinski definition) is 0. The molecule has 0 saturated heterocycles. The van der Waals surface area contributed by atoms with Crippen LogP contribution in [0.15, 0.2) is 42.7 Å². The maximum absolute atomic E-state index is 12.5. The Morgan fingerprint density at radius 2 is 1.60 bits per heavy atom. The van der Waals surface area contributed by atoms with Crippen LogP contribution in [0.3, 0.4) is 0 Å². The van der Waals surface area contributed by atoms with Crippen molar-refractivity contribution in [3.8, 4) is 22.6 Å². The number of aromatic nitrogens is 1. The van der Waals surface area contributed by atoms with Crippen molar-refractivity contribution in [3.05, 3.63) is 53.9 Å². The molecule has 0 aliphatic heterocycles. The van der Waals surface area contributed by atoms with E-state index in [0.29, 0.717) is 17.1 Å². The molecular weight excluding hydrogens is 318 g/mol. The normalized spacial score (nSPS) is 10.6. The SMILES string of the molecule is COC(=O)c1c(C)cc2cc(OC)c(OC)cc2c1-c1ccncc1. The molecule has 1 heterocycles. The van der Waals surface area contributed by atoms with Crippen molar-refractivity contribution in [1.82, 2.24) is 4.98 Å². The summed E-state index contributed by atoms with van der Waals surface area (Å²) in [5.74, 6) is 0.867. The van der Waals surface area contributed by atoms with Gasteiger partial charge in [-0.1, -0.05) is 6.07 Å². The summed E-state index contributed by atoms with van der Waals surface area (Å²) in [6.45, 7) is 1.90. The average Bonchev–Trinajstić information content (AvgIpc) is 2.65. The summed E-state index contributed by atoms with van der Waals surface area (Å²) in [5, 5.41) is 1.84. The maximum Gasteiger partial charge on any atom is 0.338 e. The molecule has 0 aliphatic carbocycles. The average molecular weight is 337 g/mol. The Bertz CT molecular complexity index is 936. The fourth-order valence-electron chi connectivity index (χ4n) is 3.05. The Hall–Kier alpha value is -3.08. The van der Waals surface area contributed by atoms with E-state index < -0.39 is 0 Å². The predicted molar refractivity (Wildman–Crippen MR) is 96.4 cm³/mol. The zero-order valence-corrected chi connectivity index (χ0v) is 14.6. The van der Waals surface area contributed by atoms with E-state index >= 15 is 0 Å². The summed E-state index contributed by atoms with van der Waals surface area (Å²) < 4.78 is 15.9. The Morgan fingerprint density at radius 1 is 0.960 bits per heavy atom. The number of esters is 1. The molecule has 5 heteroatoms. The quantitative estimate of drug-likeness (QED) is 0.673. The van der Waals surface area contributed by atoms with Crippen LogP contribution in [0.1, 0.15) is 15.9 Å². The Morgan fingerprint density at radius 3 is 2.20 bits per heavy atom. The number of nitrogens with zero attached hydrogens (tertiary/aromatic N) is 1. The van der Waals surface area contributed by atoms with Crippen LogP contribution in [-0.2, 0) is 4.74 Å². The van der Waals surface area contributed by atoms with Crippen LogP contribution in [-0.4, -0.2) is 32.3 Å². The van der Waals surface area contributed by atoms with Crippen LogP contribution in [0.4, 0.5) is 0 Å². The third-order valence-electron chi connectivity index (χ3n) is 4.20. The smallest absolute Gasteiger partial charge is 0.338 e. The second-order valence-corrected chi connectivity index (χ2v) is 5.60. The Balaban J connectivity index is 2.47. The number of carbonyl (C=O) groups is 1. The first-order valence-electron chi connectivity index (χ1n) is 7.78. The third-order valence-corrected chi connectivity index (χ3v) is 4.20. The van der Waals surface area contributed by atoms with Gasteiger partial charge in [-0.25, -0.2) is 4.79 Å². The largest absolute Gasteiger partial charge is 0.493 e. The lowest BCUT2D eigenvalue weighted by Gasteiger charge is -2.17. The standard InChI is InChI=1S/C20H19NO4/c1-12-9-14-10-16(23-2)17(24-3)11-15(14)19(18(12)20(22)25-4)13-5-7-21-8-6-13/h5-11H,1-4H3. The van der Waals surface area contributed by atoms with Gasteiger partial charge in [0.05, 0.1) is 26.9 Å². The minimum absolute atomic E-state index is 0.374. The number of carbonyl (C=O) groups excluding carboxylic acids is 1.